The summed E-state index contributed by atoms with van der Waals surface area (Å²) < 4.78 is 43.3. The van der Waals surface area contributed by atoms with E-state index < -0.39 is 10.0 Å². The van der Waals surface area contributed by atoms with E-state index in [9.17, 15) is 13.2 Å². The average Bonchev–Trinajstić information content (AvgIpc) is 3.21. The van der Waals surface area contributed by atoms with Gasteiger partial charge in [0.15, 0.2) is 5.58 Å². The first-order valence-corrected chi connectivity index (χ1v) is 11.9. The molecule has 9 nitrogen and oxygen atoms in total. The monoisotopic (exact) mass is 463 g/mol. The van der Waals surface area contributed by atoms with Gasteiger partial charge in [-0.05, 0) is 30.3 Å². The molecule has 1 N–H and O–H groups in total. The second-order valence-corrected chi connectivity index (χ2v) is 9.53. The second-order valence-electron chi connectivity index (χ2n) is 6.66. The van der Waals surface area contributed by atoms with Gasteiger partial charge in [0.2, 0.25) is 15.9 Å². The number of para-hydroxylation sites is 2. The van der Waals surface area contributed by atoms with Crippen LogP contribution in [0, 0.1) is 0 Å². The molecule has 0 aliphatic carbocycles. The van der Waals surface area contributed by atoms with Gasteiger partial charge < -0.3 is 19.2 Å². The van der Waals surface area contributed by atoms with E-state index >= 15 is 0 Å². The van der Waals surface area contributed by atoms with E-state index in [-0.39, 0.29) is 35.3 Å². The highest BCUT2D eigenvalue weighted by Crippen LogP contribution is 2.30. The Hall–Kier alpha value is -2.60. The molecule has 0 unspecified atom stereocenters. The van der Waals surface area contributed by atoms with Crippen LogP contribution in [0.2, 0.25) is 0 Å². The van der Waals surface area contributed by atoms with Crippen LogP contribution in [0.4, 0.5) is 5.69 Å². The fourth-order valence-corrected chi connectivity index (χ4v) is 5.18. The molecule has 1 aliphatic rings. The Labute approximate surface area is 183 Å². The summed E-state index contributed by atoms with van der Waals surface area (Å²) in [5.41, 5.74) is 1.64. The van der Waals surface area contributed by atoms with Gasteiger partial charge in [0.1, 0.15) is 11.3 Å². The third-order valence-electron chi connectivity index (χ3n) is 4.65. The van der Waals surface area contributed by atoms with Crippen molar-refractivity contribution in [1.29, 1.82) is 0 Å². The summed E-state index contributed by atoms with van der Waals surface area (Å²) in [6.45, 7) is 1.28. The number of oxazole rings is 1. The molecule has 4 rings (SSSR count). The normalized spacial score (nSPS) is 15.1. The number of hydrogen-bond acceptors (Lipinski definition) is 8. The van der Waals surface area contributed by atoms with Gasteiger partial charge in [-0.15, -0.1) is 0 Å². The number of sulfonamides is 1. The van der Waals surface area contributed by atoms with Crippen LogP contribution in [-0.2, 0) is 19.6 Å². The molecule has 1 saturated heterocycles. The van der Waals surface area contributed by atoms with Crippen LogP contribution in [0.5, 0.6) is 5.75 Å². The van der Waals surface area contributed by atoms with Crippen molar-refractivity contribution in [1.82, 2.24) is 9.29 Å². The minimum absolute atomic E-state index is 0.0381. The number of morpholine rings is 1. The maximum absolute atomic E-state index is 12.9. The molecule has 1 aromatic heterocycles. The van der Waals surface area contributed by atoms with E-state index in [0.29, 0.717) is 35.3 Å². The third-order valence-corrected chi connectivity index (χ3v) is 7.38. The minimum Gasteiger partial charge on any atom is -0.495 e. The van der Waals surface area contributed by atoms with Crippen LogP contribution >= 0.6 is 11.8 Å². The van der Waals surface area contributed by atoms with Gasteiger partial charge >= 0.3 is 0 Å². The highest BCUT2D eigenvalue weighted by Gasteiger charge is 2.27. The Bertz CT molecular complexity index is 1160. The number of hydrogen-bond donors (Lipinski definition) is 1. The summed E-state index contributed by atoms with van der Waals surface area (Å²) >= 11 is 1.15. The van der Waals surface area contributed by atoms with Gasteiger partial charge in [0.05, 0.1) is 36.7 Å². The number of thioether (sulfide) groups is 1. The van der Waals surface area contributed by atoms with Crippen molar-refractivity contribution in [3.05, 3.63) is 42.5 Å². The number of benzene rings is 2. The Morgan fingerprint density at radius 3 is 2.74 bits per heavy atom. The van der Waals surface area contributed by atoms with Crippen LogP contribution < -0.4 is 10.1 Å². The SMILES string of the molecule is COc1ccc(S(=O)(=O)N2CCOCC2)cc1NC(=O)CSc1nc2ccccc2o1. The lowest BCUT2D eigenvalue weighted by Crippen LogP contribution is -2.40. The number of rotatable bonds is 7. The van der Waals surface area contributed by atoms with Crippen molar-refractivity contribution >= 4 is 44.5 Å². The van der Waals surface area contributed by atoms with E-state index in [1.165, 1.54) is 29.6 Å². The molecule has 0 bridgehead atoms. The first-order chi connectivity index (χ1) is 15.0. The number of carbonyl (C=O) groups excluding carboxylic acids is 1. The maximum Gasteiger partial charge on any atom is 0.257 e. The molecule has 11 heteroatoms. The molecule has 0 spiro atoms. The molecule has 2 heterocycles. The van der Waals surface area contributed by atoms with Gasteiger partial charge in [-0.2, -0.15) is 4.31 Å². The summed E-state index contributed by atoms with van der Waals surface area (Å²) in [6.07, 6.45) is 0. The van der Waals surface area contributed by atoms with Crippen molar-refractivity contribution in [3.8, 4) is 5.75 Å². The lowest BCUT2D eigenvalue weighted by Gasteiger charge is -2.26. The molecular weight excluding hydrogens is 442 g/mol. The summed E-state index contributed by atoms with van der Waals surface area (Å²) in [4.78, 5) is 16.9. The van der Waals surface area contributed by atoms with Crippen molar-refractivity contribution in [2.24, 2.45) is 0 Å². The summed E-state index contributed by atoms with van der Waals surface area (Å²) in [5, 5.41) is 3.10. The summed E-state index contributed by atoms with van der Waals surface area (Å²) in [7, 11) is -2.25. The average molecular weight is 464 g/mol. The van der Waals surface area contributed by atoms with Gasteiger partial charge in [0.25, 0.3) is 5.22 Å². The number of methoxy groups -OCH3 is 1. The molecule has 0 radical (unpaired) electrons. The van der Waals surface area contributed by atoms with Gasteiger partial charge in [-0.25, -0.2) is 13.4 Å². The number of aromatic nitrogens is 1. The van der Waals surface area contributed by atoms with Crippen molar-refractivity contribution in [2.45, 2.75) is 10.1 Å². The highest BCUT2D eigenvalue weighted by atomic mass is 32.2. The molecule has 0 atom stereocenters. The Kier molecular flexibility index (Phi) is 6.46. The predicted molar refractivity (Wildman–Crippen MR) is 116 cm³/mol. The summed E-state index contributed by atoms with van der Waals surface area (Å²) in [5.74, 6) is 0.0591. The standard InChI is InChI=1S/C20H21N3O6S2/c1-27-17-7-6-14(31(25,26)23-8-10-28-11-9-23)12-16(17)21-19(24)13-30-20-22-15-4-2-3-5-18(15)29-20/h2-7,12H,8-11,13H2,1H3,(H,21,24). The lowest BCUT2D eigenvalue weighted by molar-refractivity contribution is -0.113. The van der Waals surface area contributed by atoms with Crippen LogP contribution in [0.1, 0.15) is 0 Å². The van der Waals surface area contributed by atoms with Crippen LogP contribution in [0.25, 0.3) is 11.1 Å². The maximum atomic E-state index is 12.9. The van der Waals surface area contributed by atoms with Crippen LogP contribution in [0.3, 0.4) is 0 Å². The fraction of sp³-hybridized carbons (Fsp3) is 0.300. The predicted octanol–water partition coefficient (Wildman–Crippen LogP) is 2.59. The number of amides is 1. The molecular formula is C20H21N3O6S2. The Morgan fingerprint density at radius 1 is 1.23 bits per heavy atom. The van der Waals surface area contributed by atoms with Crippen molar-refractivity contribution < 1.29 is 27.1 Å². The molecule has 1 amide bonds. The minimum atomic E-state index is -3.70. The molecule has 31 heavy (non-hydrogen) atoms. The molecule has 1 fully saturated rings. The first kappa shape index (κ1) is 21.6. The number of anilines is 1. The van der Waals surface area contributed by atoms with E-state index in [1.54, 1.807) is 6.07 Å². The van der Waals surface area contributed by atoms with Crippen LogP contribution in [0.15, 0.2) is 57.0 Å². The number of nitrogens with zero attached hydrogens (tertiary/aromatic N) is 2. The van der Waals surface area contributed by atoms with E-state index in [2.05, 4.69) is 10.3 Å². The molecule has 2 aromatic carbocycles. The number of fused-ring (bicyclic) bond motifs is 1. The van der Waals surface area contributed by atoms with Gasteiger partial charge in [-0.1, -0.05) is 23.9 Å². The van der Waals surface area contributed by atoms with Crippen molar-refractivity contribution in [2.75, 3.05) is 44.5 Å². The van der Waals surface area contributed by atoms with Gasteiger partial charge in [0, 0.05) is 13.1 Å². The van der Waals surface area contributed by atoms with Crippen LogP contribution in [-0.4, -0.2) is 62.8 Å². The molecule has 0 saturated carbocycles. The first-order valence-electron chi connectivity index (χ1n) is 9.51. The van der Waals surface area contributed by atoms with Crippen molar-refractivity contribution in [3.63, 3.8) is 0 Å². The molecule has 164 valence electrons. The van der Waals surface area contributed by atoms with Gasteiger partial charge in [-0.3, -0.25) is 4.79 Å². The molecule has 3 aromatic rings. The zero-order valence-corrected chi connectivity index (χ0v) is 18.4. The Morgan fingerprint density at radius 2 is 2.00 bits per heavy atom. The number of carbonyl (C=O) groups is 1. The topological polar surface area (TPSA) is 111 Å². The summed E-state index contributed by atoms with van der Waals surface area (Å²) in [6, 6.07) is 11.7. The largest absolute Gasteiger partial charge is 0.495 e. The molecule has 1 aliphatic heterocycles. The zero-order valence-electron chi connectivity index (χ0n) is 16.7. The van der Waals surface area contributed by atoms with E-state index in [4.69, 9.17) is 13.9 Å². The second kappa shape index (κ2) is 9.27. The third kappa shape index (κ3) is 4.85. The number of nitrogens with one attached hydrogen (secondary N) is 1. The number of ether oxygens (including phenoxy) is 2. The quantitative estimate of drug-likeness (QED) is 0.532. The highest BCUT2D eigenvalue weighted by molar-refractivity contribution is 7.99. The Balaban J connectivity index is 1.47. The lowest BCUT2D eigenvalue weighted by atomic mass is 10.3. The fourth-order valence-electron chi connectivity index (χ4n) is 3.11. The van der Waals surface area contributed by atoms with E-state index in [0.717, 1.165) is 11.8 Å². The smallest absolute Gasteiger partial charge is 0.257 e. The zero-order chi connectivity index (χ0) is 21.8. The van der Waals surface area contributed by atoms with E-state index in [1.807, 2.05) is 18.2 Å².